The maximum absolute atomic E-state index is 12.2. The van der Waals surface area contributed by atoms with Crippen LogP contribution in [0.1, 0.15) is 43.2 Å². The summed E-state index contributed by atoms with van der Waals surface area (Å²) in [6, 6.07) is 5.54. The third-order valence-electron chi connectivity index (χ3n) is 4.09. The molecule has 0 unspecified atom stereocenters. The van der Waals surface area contributed by atoms with Crippen LogP contribution in [0.25, 0.3) is 0 Å². The molecule has 0 aromatic heterocycles. The van der Waals surface area contributed by atoms with Crippen LogP contribution < -0.4 is 9.73 Å². The van der Waals surface area contributed by atoms with E-state index in [0.717, 1.165) is 53.1 Å². The Balaban J connectivity index is 2.14. The average molecular weight is 351 g/mol. The lowest BCUT2D eigenvalue weighted by molar-refractivity contribution is -0.119. The van der Waals surface area contributed by atoms with Crippen molar-refractivity contribution in [2.24, 2.45) is 5.10 Å². The maximum atomic E-state index is 12.2. The van der Waals surface area contributed by atoms with E-state index >= 15 is 0 Å². The number of hydrogen-bond acceptors (Lipinski definition) is 4. The van der Waals surface area contributed by atoms with Gasteiger partial charge in [0.2, 0.25) is 10.0 Å². The van der Waals surface area contributed by atoms with Crippen LogP contribution in [-0.2, 0) is 14.8 Å². The highest BCUT2D eigenvalue weighted by molar-refractivity contribution is 7.92. The number of hydrazone groups is 1. The van der Waals surface area contributed by atoms with Crippen molar-refractivity contribution in [3.05, 3.63) is 29.3 Å². The van der Waals surface area contributed by atoms with Gasteiger partial charge >= 0.3 is 0 Å². The number of amides is 1. The van der Waals surface area contributed by atoms with E-state index < -0.39 is 15.9 Å². The molecule has 0 aliphatic heterocycles. The molecular formula is C17H25N3O3S. The van der Waals surface area contributed by atoms with Crippen LogP contribution in [0.15, 0.2) is 23.3 Å². The van der Waals surface area contributed by atoms with Gasteiger partial charge in [0.05, 0.1) is 11.9 Å². The minimum absolute atomic E-state index is 0.278. The van der Waals surface area contributed by atoms with E-state index in [0.29, 0.717) is 5.69 Å². The third-order valence-corrected chi connectivity index (χ3v) is 5.22. The zero-order valence-electron chi connectivity index (χ0n) is 14.5. The molecule has 1 saturated carbocycles. The summed E-state index contributed by atoms with van der Waals surface area (Å²) in [6.45, 7) is 3.44. The number of rotatable bonds is 5. The summed E-state index contributed by atoms with van der Waals surface area (Å²) < 4.78 is 25.4. The first kappa shape index (κ1) is 18.4. The van der Waals surface area contributed by atoms with E-state index in [1.165, 1.54) is 6.42 Å². The van der Waals surface area contributed by atoms with Crippen molar-refractivity contribution in [2.45, 2.75) is 46.0 Å². The molecule has 0 radical (unpaired) electrons. The van der Waals surface area contributed by atoms with Crippen molar-refractivity contribution in [1.82, 2.24) is 5.43 Å². The Labute approximate surface area is 144 Å². The van der Waals surface area contributed by atoms with Crippen LogP contribution in [0.3, 0.4) is 0 Å². The van der Waals surface area contributed by atoms with Gasteiger partial charge in [-0.3, -0.25) is 9.10 Å². The molecule has 0 saturated heterocycles. The van der Waals surface area contributed by atoms with Gasteiger partial charge in [0, 0.05) is 5.71 Å². The molecule has 1 aliphatic rings. The Bertz CT molecular complexity index is 733. The minimum Gasteiger partial charge on any atom is -0.271 e. The molecule has 24 heavy (non-hydrogen) atoms. The molecule has 1 aliphatic carbocycles. The lowest BCUT2D eigenvalue weighted by Crippen LogP contribution is -2.39. The first-order valence-electron chi connectivity index (χ1n) is 8.16. The minimum atomic E-state index is -3.57. The Morgan fingerprint density at radius 1 is 1.21 bits per heavy atom. The van der Waals surface area contributed by atoms with Gasteiger partial charge in [0.25, 0.3) is 5.91 Å². The van der Waals surface area contributed by atoms with Gasteiger partial charge < -0.3 is 0 Å². The Morgan fingerprint density at radius 3 is 2.50 bits per heavy atom. The van der Waals surface area contributed by atoms with Crippen molar-refractivity contribution in [2.75, 3.05) is 17.1 Å². The Hall–Kier alpha value is -1.89. The highest BCUT2D eigenvalue weighted by Crippen LogP contribution is 2.23. The van der Waals surface area contributed by atoms with Crippen molar-refractivity contribution >= 4 is 27.3 Å². The van der Waals surface area contributed by atoms with Gasteiger partial charge in [-0.1, -0.05) is 18.6 Å². The van der Waals surface area contributed by atoms with Crippen molar-refractivity contribution in [3.63, 3.8) is 0 Å². The normalized spacial score (nSPS) is 15.0. The number of nitrogens with one attached hydrogen (secondary N) is 1. The molecule has 7 heteroatoms. The fraction of sp³-hybridized carbons (Fsp3) is 0.529. The molecule has 0 spiro atoms. The Kier molecular flexibility index (Phi) is 5.99. The number of anilines is 1. The summed E-state index contributed by atoms with van der Waals surface area (Å²) in [6.07, 6.45) is 6.27. The van der Waals surface area contributed by atoms with Crippen molar-refractivity contribution in [1.29, 1.82) is 0 Å². The van der Waals surface area contributed by atoms with Gasteiger partial charge in [0.1, 0.15) is 6.54 Å². The van der Waals surface area contributed by atoms with E-state index in [-0.39, 0.29) is 6.54 Å². The summed E-state index contributed by atoms with van der Waals surface area (Å²) >= 11 is 0. The van der Waals surface area contributed by atoms with E-state index in [2.05, 4.69) is 10.5 Å². The highest BCUT2D eigenvalue weighted by atomic mass is 32.2. The number of hydrogen-bond donors (Lipinski definition) is 1. The van der Waals surface area contributed by atoms with Crippen LogP contribution in [0.5, 0.6) is 0 Å². The number of carbonyl (C=O) groups excluding carboxylic acids is 1. The Morgan fingerprint density at radius 2 is 1.88 bits per heavy atom. The molecule has 1 N–H and O–H groups in total. The molecule has 132 valence electrons. The molecule has 2 rings (SSSR count). The van der Waals surface area contributed by atoms with E-state index in [9.17, 15) is 13.2 Å². The molecule has 1 aromatic carbocycles. The van der Waals surface area contributed by atoms with E-state index in [1.54, 1.807) is 6.07 Å². The first-order chi connectivity index (χ1) is 11.3. The van der Waals surface area contributed by atoms with Gasteiger partial charge in [-0.25, -0.2) is 13.8 Å². The molecular weight excluding hydrogens is 326 g/mol. The molecule has 1 amide bonds. The summed E-state index contributed by atoms with van der Waals surface area (Å²) in [7, 11) is -3.57. The summed E-state index contributed by atoms with van der Waals surface area (Å²) in [5, 5.41) is 4.15. The summed E-state index contributed by atoms with van der Waals surface area (Å²) in [5.74, 6) is -0.431. The molecule has 0 heterocycles. The van der Waals surface area contributed by atoms with Crippen LogP contribution in [0.4, 0.5) is 5.69 Å². The predicted molar refractivity (Wildman–Crippen MR) is 96.8 cm³/mol. The van der Waals surface area contributed by atoms with Crippen LogP contribution >= 0.6 is 0 Å². The topological polar surface area (TPSA) is 78.8 Å². The number of carbonyl (C=O) groups is 1. The van der Waals surface area contributed by atoms with Crippen LogP contribution in [0.2, 0.25) is 0 Å². The predicted octanol–water partition coefficient (Wildman–Crippen LogP) is 2.51. The molecule has 1 aromatic rings. The molecule has 0 atom stereocenters. The molecule has 6 nitrogen and oxygen atoms in total. The second kappa shape index (κ2) is 7.79. The largest absolute Gasteiger partial charge is 0.271 e. The zero-order chi connectivity index (χ0) is 17.7. The fourth-order valence-corrected chi connectivity index (χ4v) is 3.65. The number of nitrogens with zero attached hydrogens (tertiary/aromatic N) is 2. The first-order valence-corrected chi connectivity index (χ1v) is 10.0. The second-order valence-corrected chi connectivity index (χ2v) is 8.24. The second-order valence-electron chi connectivity index (χ2n) is 6.33. The number of benzene rings is 1. The quantitative estimate of drug-likeness (QED) is 0.828. The monoisotopic (exact) mass is 351 g/mol. The summed E-state index contributed by atoms with van der Waals surface area (Å²) in [5.41, 5.74) is 5.75. The van der Waals surface area contributed by atoms with Crippen molar-refractivity contribution in [3.8, 4) is 0 Å². The average Bonchev–Trinajstić information content (AvgIpc) is 2.53. The van der Waals surface area contributed by atoms with Gasteiger partial charge in [-0.05, 0) is 56.7 Å². The standard InChI is InChI=1S/C17H25N3O3S/c1-13-9-10-14(2)16(11-13)20(24(3,22)23)12-17(21)19-18-15-7-5-4-6-8-15/h9-11H,4-8,12H2,1-3H3,(H,19,21). The smallest absolute Gasteiger partial charge is 0.260 e. The van der Waals surface area contributed by atoms with Crippen molar-refractivity contribution < 1.29 is 13.2 Å². The highest BCUT2D eigenvalue weighted by Gasteiger charge is 2.22. The maximum Gasteiger partial charge on any atom is 0.260 e. The summed E-state index contributed by atoms with van der Waals surface area (Å²) in [4.78, 5) is 12.2. The fourth-order valence-electron chi connectivity index (χ4n) is 2.75. The third kappa shape index (κ3) is 5.06. The van der Waals surface area contributed by atoms with Crippen LogP contribution in [-0.4, -0.2) is 32.8 Å². The van der Waals surface area contributed by atoms with E-state index in [1.807, 2.05) is 26.0 Å². The van der Waals surface area contributed by atoms with Crippen LogP contribution in [0, 0.1) is 13.8 Å². The lowest BCUT2D eigenvalue weighted by atomic mass is 9.99. The SMILES string of the molecule is Cc1ccc(C)c(N(CC(=O)NN=C2CCCCC2)S(C)(=O)=O)c1. The van der Waals surface area contributed by atoms with Gasteiger partial charge in [-0.15, -0.1) is 0 Å². The van der Waals surface area contributed by atoms with E-state index in [4.69, 9.17) is 0 Å². The van der Waals surface area contributed by atoms with Gasteiger partial charge in [0.15, 0.2) is 0 Å². The van der Waals surface area contributed by atoms with Gasteiger partial charge in [-0.2, -0.15) is 5.10 Å². The molecule has 0 bridgehead atoms. The molecule has 1 fully saturated rings. The lowest BCUT2D eigenvalue weighted by Gasteiger charge is -2.23. The zero-order valence-corrected chi connectivity index (χ0v) is 15.3. The number of sulfonamides is 1. The number of aryl methyl sites for hydroxylation is 2.